The Morgan fingerprint density at radius 2 is 2.20 bits per heavy atom. The number of thioether (sulfide) groups is 1. The molecule has 0 unspecified atom stereocenters. The highest BCUT2D eigenvalue weighted by atomic mass is 79.9. The lowest BCUT2D eigenvalue weighted by atomic mass is 10.1. The Kier molecular flexibility index (Phi) is 4.07. The van der Waals surface area contributed by atoms with E-state index in [0.29, 0.717) is 6.04 Å². The smallest absolute Gasteiger partial charge is 0.189 e. The fourth-order valence-electron chi connectivity index (χ4n) is 2.04. The second-order valence-corrected chi connectivity index (χ2v) is 6.12. The van der Waals surface area contributed by atoms with E-state index >= 15 is 0 Å². The summed E-state index contributed by atoms with van der Waals surface area (Å²) in [7, 11) is 0. The molecule has 0 bridgehead atoms. The number of hydrogen-bond donors (Lipinski definition) is 1. The third-order valence-corrected chi connectivity index (χ3v) is 4.24. The molecule has 0 amide bonds. The first-order chi connectivity index (χ1) is 9.76. The van der Waals surface area contributed by atoms with E-state index in [1.54, 1.807) is 6.20 Å². The minimum Gasteiger partial charge on any atom is -0.363 e. The maximum Gasteiger partial charge on any atom is 0.189 e. The van der Waals surface area contributed by atoms with Gasteiger partial charge in [0.05, 0.1) is 10.5 Å². The Morgan fingerprint density at radius 1 is 1.35 bits per heavy atom. The van der Waals surface area contributed by atoms with Gasteiger partial charge in [-0.15, -0.1) is 0 Å². The number of rotatable bonds is 4. The Bertz CT molecular complexity index is 589. The summed E-state index contributed by atoms with van der Waals surface area (Å²) in [6.07, 6.45) is 5.58. The van der Waals surface area contributed by atoms with Gasteiger partial charge in [-0.1, -0.05) is 17.8 Å². The molecule has 0 atom stereocenters. The quantitative estimate of drug-likeness (QED) is 0.675. The van der Waals surface area contributed by atoms with E-state index in [1.165, 1.54) is 11.8 Å². The number of aromatic nitrogens is 3. The highest BCUT2D eigenvalue weighted by molar-refractivity contribution is 9.10. The zero-order valence-corrected chi connectivity index (χ0v) is 13.4. The molecule has 0 aliphatic carbocycles. The van der Waals surface area contributed by atoms with Crippen LogP contribution in [0.25, 0.3) is 0 Å². The third kappa shape index (κ3) is 2.88. The van der Waals surface area contributed by atoms with Crippen LogP contribution in [0.3, 0.4) is 0 Å². The van der Waals surface area contributed by atoms with E-state index in [2.05, 4.69) is 41.1 Å². The van der Waals surface area contributed by atoms with Gasteiger partial charge in [0.15, 0.2) is 5.16 Å². The average molecular weight is 352 g/mol. The van der Waals surface area contributed by atoms with Gasteiger partial charge in [0.1, 0.15) is 11.6 Å². The molecule has 5 nitrogen and oxygen atoms in total. The van der Waals surface area contributed by atoms with Crippen molar-refractivity contribution >= 4 is 39.3 Å². The van der Waals surface area contributed by atoms with Crippen molar-refractivity contribution in [3.05, 3.63) is 35.1 Å². The lowest BCUT2D eigenvalue weighted by molar-refractivity contribution is 0.542. The summed E-state index contributed by atoms with van der Waals surface area (Å²) in [6.45, 7) is 1.87. The van der Waals surface area contributed by atoms with Gasteiger partial charge in [-0.05, 0) is 34.3 Å². The van der Waals surface area contributed by atoms with Crippen molar-refractivity contribution in [2.45, 2.75) is 11.2 Å². The van der Waals surface area contributed by atoms with Crippen molar-refractivity contribution in [1.82, 2.24) is 15.0 Å². The number of halogens is 1. The van der Waals surface area contributed by atoms with E-state index < -0.39 is 0 Å². The molecule has 1 N–H and O–H groups in total. The normalized spacial score (nSPS) is 15.0. The van der Waals surface area contributed by atoms with Gasteiger partial charge in [-0.25, -0.2) is 15.0 Å². The van der Waals surface area contributed by atoms with E-state index in [4.69, 9.17) is 0 Å². The average Bonchev–Trinajstić information content (AvgIpc) is 2.45. The predicted molar refractivity (Wildman–Crippen MR) is 85.4 cm³/mol. The van der Waals surface area contributed by atoms with E-state index in [0.717, 1.165) is 34.4 Å². The Labute approximate surface area is 130 Å². The van der Waals surface area contributed by atoms with E-state index in [1.807, 2.05) is 30.7 Å². The number of nitrogens with one attached hydrogen (secondary N) is 1. The second kappa shape index (κ2) is 5.97. The van der Waals surface area contributed by atoms with Gasteiger partial charge in [0, 0.05) is 25.5 Å². The molecule has 0 radical (unpaired) electrons. The van der Waals surface area contributed by atoms with Crippen molar-refractivity contribution in [2.75, 3.05) is 29.6 Å². The van der Waals surface area contributed by atoms with Gasteiger partial charge in [0.25, 0.3) is 0 Å². The highest BCUT2D eigenvalue weighted by Gasteiger charge is 2.28. The van der Waals surface area contributed by atoms with E-state index in [9.17, 15) is 0 Å². The number of nitrogens with zero attached hydrogens (tertiary/aromatic N) is 4. The molecular formula is C13H14BrN5S. The van der Waals surface area contributed by atoms with Crippen LogP contribution in [0.15, 0.2) is 40.2 Å². The molecule has 0 spiro atoms. The van der Waals surface area contributed by atoms with Crippen LogP contribution in [0.1, 0.15) is 0 Å². The summed E-state index contributed by atoms with van der Waals surface area (Å²) in [5.74, 6) is 1.88. The second-order valence-electron chi connectivity index (χ2n) is 4.49. The maximum atomic E-state index is 4.47. The topological polar surface area (TPSA) is 53.9 Å². The summed E-state index contributed by atoms with van der Waals surface area (Å²) in [4.78, 5) is 15.3. The molecule has 3 rings (SSSR count). The molecule has 7 heteroatoms. The minimum absolute atomic E-state index is 0.387. The number of pyridine rings is 1. The SMILES string of the molecule is CSc1ncc(Br)c(NC2CN(c3ccccn3)C2)n1. The van der Waals surface area contributed by atoms with Crippen LogP contribution >= 0.6 is 27.7 Å². The van der Waals surface area contributed by atoms with Crippen LogP contribution in [0.2, 0.25) is 0 Å². The lowest BCUT2D eigenvalue weighted by Crippen LogP contribution is -2.55. The van der Waals surface area contributed by atoms with Crippen molar-refractivity contribution < 1.29 is 0 Å². The minimum atomic E-state index is 0.387. The van der Waals surface area contributed by atoms with Gasteiger partial charge < -0.3 is 10.2 Å². The maximum absolute atomic E-state index is 4.47. The molecule has 3 heterocycles. The van der Waals surface area contributed by atoms with Gasteiger partial charge >= 0.3 is 0 Å². The molecule has 1 fully saturated rings. The summed E-state index contributed by atoms with van der Waals surface area (Å²) in [5.41, 5.74) is 0. The first-order valence-electron chi connectivity index (χ1n) is 6.25. The Morgan fingerprint density at radius 3 is 2.90 bits per heavy atom. The first-order valence-corrected chi connectivity index (χ1v) is 8.27. The van der Waals surface area contributed by atoms with Crippen LogP contribution in [0, 0.1) is 0 Å². The molecule has 2 aromatic heterocycles. The summed E-state index contributed by atoms with van der Waals surface area (Å²) < 4.78 is 0.895. The largest absolute Gasteiger partial charge is 0.363 e. The standard InChI is InChI=1S/C13H14BrN5S/c1-20-13-16-6-10(14)12(18-13)17-9-7-19(8-9)11-4-2-3-5-15-11/h2-6,9H,7-8H2,1H3,(H,16,17,18). The Balaban J connectivity index is 1.61. The number of hydrogen-bond acceptors (Lipinski definition) is 6. The molecular weight excluding hydrogens is 338 g/mol. The molecule has 104 valence electrons. The van der Waals surface area contributed by atoms with Crippen molar-refractivity contribution in [1.29, 1.82) is 0 Å². The molecule has 0 saturated carbocycles. The Hall–Kier alpha value is -1.34. The fraction of sp³-hybridized carbons (Fsp3) is 0.308. The third-order valence-electron chi connectivity index (χ3n) is 3.10. The molecule has 1 aliphatic heterocycles. The van der Waals surface area contributed by atoms with Crippen LogP contribution in [-0.4, -0.2) is 40.3 Å². The summed E-state index contributed by atoms with van der Waals surface area (Å²) in [5, 5.41) is 4.21. The zero-order chi connectivity index (χ0) is 13.9. The molecule has 1 aliphatic rings. The van der Waals surface area contributed by atoms with Gasteiger partial charge in [-0.2, -0.15) is 0 Å². The monoisotopic (exact) mass is 351 g/mol. The van der Waals surface area contributed by atoms with Crippen LogP contribution in [0.4, 0.5) is 11.6 Å². The van der Waals surface area contributed by atoms with Crippen LogP contribution in [-0.2, 0) is 0 Å². The van der Waals surface area contributed by atoms with Crippen molar-refractivity contribution in [2.24, 2.45) is 0 Å². The van der Waals surface area contributed by atoms with Gasteiger partial charge in [0.2, 0.25) is 0 Å². The predicted octanol–water partition coefficient (Wildman–Crippen LogP) is 2.66. The fourth-order valence-corrected chi connectivity index (χ4v) is 2.69. The highest BCUT2D eigenvalue weighted by Crippen LogP contribution is 2.25. The number of anilines is 2. The van der Waals surface area contributed by atoms with Gasteiger partial charge in [-0.3, -0.25) is 0 Å². The summed E-state index contributed by atoms with van der Waals surface area (Å²) in [6, 6.07) is 6.36. The summed E-state index contributed by atoms with van der Waals surface area (Å²) >= 11 is 5.02. The molecule has 2 aromatic rings. The molecule has 20 heavy (non-hydrogen) atoms. The van der Waals surface area contributed by atoms with Crippen molar-refractivity contribution in [3.8, 4) is 0 Å². The first kappa shape index (κ1) is 13.6. The lowest BCUT2D eigenvalue weighted by Gasteiger charge is -2.40. The van der Waals surface area contributed by atoms with Crippen molar-refractivity contribution in [3.63, 3.8) is 0 Å². The molecule has 0 aromatic carbocycles. The van der Waals surface area contributed by atoms with Crippen LogP contribution < -0.4 is 10.2 Å². The molecule has 1 saturated heterocycles. The zero-order valence-electron chi connectivity index (χ0n) is 11.0. The van der Waals surface area contributed by atoms with Crippen LogP contribution in [0.5, 0.6) is 0 Å². The van der Waals surface area contributed by atoms with E-state index in [-0.39, 0.29) is 0 Å².